The summed E-state index contributed by atoms with van der Waals surface area (Å²) in [6.45, 7) is 5.71. The second-order valence-corrected chi connectivity index (χ2v) is 9.46. The Labute approximate surface area is 225 Å². The fraction of sp³-hybridized carbons (Fsp3) is 0.400. The average Bonchev–Trinajstić information content (AvgIpc) is 3.21. The average molecular weight is 535 g/mol. The monoisotopic (exact) mass is 534 g/mol. The Hall–Kier alpha value is -3.66. The summed E-state index contributed by atoms with van der Waals surface area (Å²) < 4.78 is 53.3. The highest BCUT2D eigenvalue weighted by atomic mass is 16.6. The Morgan fingerprint density at radius 2 is 0.436 bits per heavy atom. The fourth-order valence-corrected chi connectivity index (χ4v) is 5.26. The van der Waals surface area contributed by atoms with Gasteiger partial charge < -0.3 is 42.6 Å². The van der Waals surface area contributed by atoms with Gasteiger partial charge in [0.2, 0.25) is 0 Å². The molecule has 9 heteroatoms. The van der Waals surface area contributed by atoms with E-state index in [0.717, 1.165) is 32.3 Å². The van der Waals surface area contributed by atoms with E-state index in [2.05, 4.69) is 36.4 Å². The van der Waals surface area contributed by atoms with Crippen molar-refractivity contribution in [3.05, 3.63) is 36.4 Å². The van der Waals surface area contributed by atoms with Crippen molar-refractivity contribution in [2.45, 2.75) is 0 Å². The molecule has 0 spiro atoms. The lowest BCUT2D eigenvalue weighted by molar-refractivity contribution is 0.0877. The third-order valence-electron chi connectivity index (χ3n) is 7.03. The summed E-state index contributed by atoms with van der Waals surface area (Å²) >= 11 is 0. The highest BCUT2D eigenvalue weighted by molar-refractivity contribution is 6.26. The topological polar surface area (TPSA) is 83.1 Å². The Bertz CT molecular complexity index is 1200. The molecule has 0 bridgehead atoms. The van der Waals surface area contributed by atoms with Crippen molar-refractivity contribution in [1.82, 2.24) is 0 Å². The SMILES string of the molecule is c1c2c(cc3c1c1cc4c(cc1c1cc5c(cc31)OCCOCCO5)OCCOCCO4)OCCOCCO2. The molecule has 0 unspecified atom stereocenters. The number of ether oxygens (including phenoxy) is 9. The van der Waals surface area contributed by atoms with Gasteiger partial charge in [-0.25, -0.2) is 0 Å². The number of fused-ring (bicyclic) bond motifs is 9. The first-order chi connectivity index (χ1) is 19.3. The minimum Gasteiger partial charge on any atom is -0.487 e. The number of benzene rings is 4. The van der Waals surface area contributed by atoms with E-state index in [0.29, 0.717) is 114 Å². The van der Waals surface area contributed by atoms with Crippen LogP contribution >= 0.6 is 0 Å². The van der Waals surface area contributed by atoms with Gasteiger partial charge in [-0.3, -0.25) is 0 Å². The Morgan fingerprint density at radius 1 is 0.256 bits per heavy atom. The van der Waals surface area contributed by atoms with Crippen LogP contribution < -0.4 is 28.4 Å². The van der Waals surface area contributed by atoms with Crippen molar-refractivity contribution in [2.75, 3.05) is 79.3 Å². The fourth-order valence-electron chi connectivity index (χ4n) is 5.26. The molecule has 204 valence electrons. The van der Waals surface area contributed by atoms with Gasteiger partial charge in [0.25, 0.3) is 0 Å². The molecule has 0 radical (unpaired) electrons. The van der Waals surface area contributed by atoms with Crippen molar-refractivity contribution in [3.63, 3.8) is 0 Å². The molecule has 4 aromatic carbocycles. The standard InChI is InChI=1S/C30H30O9/c1-7-34-25-13-19-20(14-26(25)35-8-2-31-1)22-16-28-30(39-12-6-33-4-10-37-28)18-24(22)23-17-29-27(15-21(19)23)36-9-3-32-5-11-38-29/h13-18H,1-12H2. The largest absolute Gasteiger partial charge is 0.487 e. The van der Waals surface area contributed by atoms with Crippen LogP contribution in [-0.2, 0) is 14.2 Å². The summed E-state index contributed by atoms with van der Waals surface area (Å²) in [6.07, 6.45) is 0. The van der Waals surface area contributed by atoms with Gasteiger partial charge in [0, 0.05) is 0 Å². The Kier molecular flexibility index (Phi) is 6.78. The third kappa shape index (κ3) is 4.82. The first-order valence-corrected chi connectivity index (χ1v) is 13.4. The third-order valence-corrected chi connectivity index (χ3v) is 7.03. The van der Waals surface area contributed by atoms with E-state index in [1.807, 2.05) is 0 Å². The van der Waals surface area contributed by atoms with Gasteiger partial charge in [0.05, 0.1) is 39.6 Å². The normalized spacial score (nSPS) is 18.5. The van der Waals surface area contributed by atoms with Crippen LogP contribution in [0, 0.1) is 0 Å². The van der Waals surface area contributed by atoms with Gasteiger partial charge in [0.15, 0.2) is 34.5 Å². The van der Waals surface area contributed by atoms with Crippen molar-refractivity contribution in [2.24, 2.45) is 0 Å². The summed E-state index contributed by atoms with van der Waals surface area (Å²) in [4.78, 5) is 0. The predicted octanol–water partition coefficient (Wildman–Crippen LogP) is 4.51. The van der Waals surface area contributed by atoms with Crippen molar-refractivity contribution >= 4 is 32.3 Å². The van der Waals surface area contributed by atoms with Gasteiger partial charge in [-0.15, -0.1) is 0 Å². The molecule has 3 aliphatic heterocycles. The Balaban J connectivity index is 1.53. The summed E-state index contributed by atoms with van der Waals surface area (Å²) in [6, 6.07) is 12.3. The van der Waals surface area contributed by atoms with E-state index < -0.39 is 0 Å². The highest BCUT2D eigenvalue weighted by Gasteiger charge is 2.21. The van der Waals surface area contributed by atoms with Crippen molar-refractivity contribution < 1.29 is 42.6 Å². The van der Waals surface area contributed by atoms with Crippen LogP contribution in [0.4, 0.5) is 0 Å². The molecule has 4 aromatic rings. The zero-order chi connectivity index (χ0) is 26.0. The first-order valence-electron chi connectivity index (χ1n) is 13.4. The molecular weight excluding hydrogens is 504 g/mol. The van der Waals surface area contributed by atoms with Gasteiger partial charge in [0.1, 0.15) is 39.6 Å². The summed E-state index contributed by atoms with van der Waals surface area (Å²) in [5, 5.41) is 6.05. The van der Waals surface area contributed by atoms with E-state index in [4.69, 9.17) is 42.6 Å². The lowest BCUT2D eigenvalue weighted by Gasteiger charge is -2.19. The van der Waals surface area contributed by atoms with Gasteiger partial charge >= 0.3 is 0 Å². The molecular formula is C30H30O9. The summed E-state index contributed by atoms with van der Waals surface area (Å²) in [7, 11) is 0. The first kappa shape index (κ1) is 24.4. The van der Waals surface area contributed by atoms with E-state index in [-0.39, 0.29) is 0 Å². The molecule has 3 heterocycles. The Morgan fingerprint density at radius 3 is 0.615 bits per heavy atom. The van der Waals surface area contributed by atoms with Crippen LogP contribution in [0.2, 0.25) is 0 Å². The van der Waals surface area contributed by atoms with Crippen molar-refractivity contribution in [3.8, 4) is 34.5 Å². The van der Waals surface area contributed by atoms with Crippen LogP contribution in [-0.4, -0.2) is 79.3 Å². The van der Waals surface area contributed by atoms with E-state index in [1.54, 1.807) is 0 Å². The molecule has 39 heavy (non-hydrogen) atoms. The summed E-state index contributed by atoms with van der Waals surface area (Å²) in [5.41, 5.74) is 0. The smallest absolute Gasteiger partial charge is 0.161 e. The minimum atomic E-state index is 0.445. The molecule has 0 saturated heterocycles. The van der Waals surface area contributed by atoms with Gasteiger partial charge in [-0.2, -0.15) is 0 Å². The summed E-state index contributed by atoms with van der Waals surface area (Å²) in [5.74, 6) is 4.10. The van der Waals surface area contributed by atoms with Crippen LogP contribution in [0.25, 0.3) is 32.3 Å². The highest BCUT2D eigenvalue weighted by Crippen LogP contribution is 2.47. The molecule has 0 saturated carbocycles. The van der Waals surface area contributed by atoms with Crippen LogP contribution in [0.15, 0.2) is 36.4 Å². The minimum absolute atomic E-state index is 0.445. The molecule has 9 nitrogen and oxygen atoms in total. The molecule has 0 fully saturated rings. The lowest BCUT2D eigenvalue weighted by atomic mass is 9.93. The maximum atomic E-state index is 6.10. The quantitative estimate of drug-likeness (QED) is 0.303. The zero-order valence-electron chi connectivity index (χ0n) is 21.6. The number of hydrogen-bond donors (Lipinski definition) is 0. The zero-order valence-corrected chi connectivity index (χ0v) is 21.6. The van der Waals surface area contributed by atoms with Crippen molar-refractivity contribution in [1.29, 1.82) is 0 Å². The molecule has 0 aromatic heterocycles. The molecule has 0 N–H and O–H groups in total. The lowest BCUT2D eigenvalue weighted by Crippen LogP contribution is -2.08. The molecule has 0 atom stereocenters. The van der Waals surface area contributed by atoms with Gasteiger partial charge in [-0.05, 0) is 68.7 Å². The second kappa shape index (κ2) is 10.8. The van der Waals surface area contributed by atoms with E-state index >= 15 is 0 Å². The molecule has 0 aliphatic carbocycles. The van der Waals surface area contributed by atoms with Gasteiger partial charge in [-0.1, -0.05) is 0 Å². The van der Waals surface area contributed by atoms with E-state index in [1.165, 1.54) is 0 Å². The maximum absolute atomic E-state index is 6.10. The molecule has 7 rings (SSSR count). The molecule has 3 aliphatic rings. The van der Waals surface area contributed by atoms with Crippen LogP contribution in [0.5, 0.6) is 34.5 Å². The number of rotatable bonds is 0. The van der Waals surface area contributed by atoms with Crippen LogP contribution in [0.3, 0.4) is 0 Å². The molecule has 0 amide bonds. The predicted molar refractivity (Wildman–Crippen MR) is 144 cm³/mol. The number of hydrogen-bond acceptors (Lipinski definition) is 9. The second-order valence-electron chi connectivity index (χ2n) is 9.46. The van der Waals surface area contributed by atoms with Crippen LogP contribution in [0.1, 0.15) is 0 Å². The van der Waals surface area contributed by atoms with E-state index in [9.17, 15) is 0 Å². The maximum Gasteiger partial charge on any atom is 0.161 e.